The molecule has 0 saturated heterocycles. The third-order valence-corrected chi connectivity index (χ3v) is 15.8. The number of pyridine rings is 3. The van der Waals surface area contributed by atoms with Crippen molar-refractivity contribution < 1.29 is 17.7 Å². The molecule has 0 amide bonds. The molecule has 0 saturated carbocycles. The molecule has 10 nitrogen and oxygen atoms in total. The molecule has 0 radical (unpaired) electrons. The van der Waals surface area contributed by atoms with Gasteiger partial charge in [0.15, 0.2) is 5.58 Å². The predicted molar refractivity (Wildman–Crippen MR) is 323 cm³/mol. The Kier molecular flexibility index (Phi) is 9.54. The molecule has 8 heterocycles. The van der Waals surface area contributed by atoms with E-state index in [9.17, 15) is 0 Å². The summed E-state index contributed by atoms with van der Waals surface area (Å²) in [4.78, 5) is 18.9. The summed E-state index contributed by atoms with van der Waals surface area (Å²) in [6, 6.07) is 72.5. The number of fused-ring (bicyclic) bond motifs is 14. The van der Waals surface area contributed by atoms with Gasteiger partial charge in [0, 0.05) is 85.1 Å². The number of hydrogen-bond donors (Lipinski definition) is 1. The van der Waals surface area contributed by atoms with Crippen molar-refractivity contribution in [1.82, 2.24) is 20.3 Å². The number of anilines is 6. The average molecular weight is 1030 g/mol. The lowest BCUT2D eigenvalue weighted by molar-refractivity contribution is 0.533. The average Bonchev–Trinajstić information content (AvgIpc) is 4.48. The largest absolute Gasteiger partial charge is 0.458 e. The van der Waals surface area contributed by atoms with Gasteiger partial charge in [0.1, 0.15) is 45.0 Å². The van der Waals surface area contributed by atoms with Crippen LogP contribution in [0.3, 0.4) is 0 Å². The van der Waals surface area contributed by atoms with E-state index >= 15 is 0 Å². The molecule has 0 bridgehead atoms. The van der Waals surface area contributed by atoms with Crippen LogP contribution in [0.1, 0.15) is 11.3 Å². The van der Waals surface area contributed by atoms with Gasteiger partial charge in [-0.1, -0.05) is 91.0 Å². The van der Waals surface area contributed by atoms with Crippen LogP contribution in [0.25, 0.3) is 127 Å². The first-order valence-electron chi connectivity index (χ1n) is 26.6. The Morgan fingerprint density at radius 3 is 1.94 bits per heavy atom. The standard InChI is InChI=1S/C70H42N6O4/c1-2-8-44-34-48(21-19-41(44)7-1)75(50-23-26-62-59(37-50)67-64(78-62)12-6-29-72-67)52-38-56(68-58(39-52)53-27-31-71-40-65(53)79-68)43-15-13-42(14-16-43)45-17-18-47-35-49(22-20-46(47)33-45)76(51-24-25-61-57(36-51)54-10-5-30-74-70(54)80-61)69-66-55-9-3-4-11-60(55)77-63(66)28-32-73-69/h1-39,71H,40H2. The normalized spacial score (nSPS) is 12.5. The minimum absolute atomic E-state index is 0.603. The number of para-hydroxylation sites is 1. The molecule has 7 aromatic heterocycles. The molecule has 1 N–H and O–H groups in total. The van der Waals surface area contributed by atoms with Gasteiger partial charge in [-0.2, -0.15) is 0 Å². The van der Waals surface area contributed by atoms with Crippen molar-refractivity contribution in [3.8, 4) is 22.3 Å². The van der Waals surface area contributed by atoms with E-state index in [0.717, 1.165) is 155 Å². The van der Waals surface area contributed by atoms with E-state index in [0.29, 0.717) is 12.3 Å². The molecule has 0 spiro atoms. The van der Waals surface area contributed by atoms with Crippen molar-refractivity contribution >= 4 is 139 Å². The van der Waals surface area contributed by atoms with Gasteiger partial charge in [0.25, 0.3) is 0 Å². The summed E-state index contributed by atoms with van der Waals surface area (Å²) in [6.07, 6.45) is 9.52. The predicted octanol–water partition coefficient (Wildman–Crippen LogP) is 19.0. The molecule has 1 aliphatic rings. The SMILES string of the molecule is C1=Cc2c(oc3c(-c4ccc(-c5ccc6cc(N(c7ccc8oc9ncccc9c8c7)c7nccc8oc9ccccc9c78)ccc6c5)cc4)cc(N(c4ccc5ccccc5c4)c4ccc5oc6cccnc6c5c4)cc23)CN1. The van der Waals surface area contributed by atoms with Crippen molar-refractivity contribution in [2.45, 2.75) is 6.54 Å². The number of hydrogen-bond acceptors (Lipinski definition) is 10. The van der Waals surface area contributed by atoms with Gasteiger partial charge in [-0.05, 0) is 166 Å². The molecule has 9 aromatic carbocycles. The van der Waals surface area contributed by atoms with E-state index in [1.165, 1.54) is 5.39 Å². The molecule has 0 atom stereocenters. The number of aromatic nitrogens is 3. The van der Waals surface area contributed by atoms with Crippen LogP contribution in [0.2, 0.25) is 0 Å². The van der Waals surface area contributed by atoms with Crippen molar-refractivity contribution in [3.63, 3.8) is 0 Å². The topological polar surface area (TPSA) is 110 Å². The highest BCUT2D eigenvalue weighted by atomic mass is 16.3. The van der Waals surface area contributed by atoms with Crippen LogP contribution in [-0.2, 0) is 6.54 Å². The van der Waals surface area contributed by atoms with E-state index in [1.807, 2.05) is 67.1 Å². The fourth-order valence-electron chi connectivity index (χ4n) is 12.0. The first-order chi connectivity index (χ1) is 39.6. The van der Waals surface area contributed by atoms with E-state index < -0.39 is 0 Å². The smallest absolute Gasteiger partial charge is 0.227 e. The van der Waals surface area contributed by atoms with E-state index in [-0.39, 0.29) is 0 Å². The van der Waals surface area contributed by atoms with Crippen LogP contribution in [0.4, 0.5) is 34.3 Å². The number of rotatable bonds is 8. The van der Waals surface area contributed by atoms with Gasteiger partial charge in [0.05, 0.1) is 11.9 Å². The molecule has 0 aliphatic carbocycles. The Morgan fingerprint density at radius 1 is 0.388 bits per heavy atom. The summed E-state index contributed by atoms with van der Waals surface area (Å²) >= 11 is 0. The van der Waals surface area contributed by atoms with Gasteiger partial charge >= 0.3 is 0 Å². The number of nitrogens with one attached hydrogen (secondary N) is 1. The van der Waals surface area contributed by atoms with E-state index in [1.54, 1.807) is 6.20 Å². The molecule has 0 unspecified atom stereocenters. The monoisotopic (exact) mass is 1030 g/mol. The van der Waals surface area contributed by atoms with Crippen molar-refractivity contribution in [2.75, 3.05) is 9.80 Å². The number of benzene rings is 9. The van der Waals surface area contributed by atoms with Gasteiger partial charge in [-0.15, -0.1) is 0 Å². The third-order valence-electron chi connectivity index (χ3n) is 15.8. The Bertz CT molecular complexity index is 5240. The maximum absolute atomic E-state index is 6.82. The van der Waals surface area contributed by atoms with Gasteiger partial charge in [-0.3, -0.25) is 9.88 Å². The first kappa shape index (κ1) is 44.2. The van der Waals surface area contributed by atoms with Gasteiger partial charge < -0.3 is 27.9 Å². The van der Waals surface area contributed by atoms with Crippen LogP contribution in [0.5, 0.6) is 0 Å². The Labute approximate surface area is 455 Å². The van der Waals surface area contributed by atoms with Crippen LogP contribution in [0.15, 0.2) is 249 Å². The highest BCUT2D eigenvalue weighted by Gasteiger charge is 2.25. The molecule has 17 rings (SSSR count). The summed E-state index contributed by atoms with van der Waals surface area (Å²) < 4.78 is 25.7. The lowest BCUT2D eigenvalue weighted by Crippen LogP contribution is -2.12. The highest BCUT2D eigenvalue weighted by molar-refractivity contribution is 6.14. The van der Waals surface area contributed by atoms with Crippen molar-refractivity contribution in [1.29, 1.82) is 0 Å². The molecule has 1 aliphatic heterocycles. The molecule has 80 heavy (non-hydrogen) atoms. The summed E-state index contributed by atoms with van der Waals surface area (Å²) in [6.45, 7) is 0.603. The number of nitrogens with zero attached hydrogens (tertiary/aromatic N) is 5. The molecule has 10 heteroatoms. The van der Waals surface area contributed by atoms with Crippen LogP contribution in [0, 0.1) is 0 Å². The highest BCUT2D eigenvalue weighted by Crippen LogP contribution is 2.47. The molecule has 0 fully saturated rings. The minimum atomic E-state index is 0.603. The zero-order valence-corrected chi connectivity index (χ0v) is 42.6. The Balaban J connectivity index is 0.772. The summed E-state index contributed by atoms with van der Waals surface area (Å²) in [5.74, 6) is 1.67. The Morgan fingerprint density at radius 2 is 1.02 bits per heavy atom. The molecule has 376 valence electrons. The zero-order chi connectivity index (χ0) is 52.4. The fraction of sp³-hybridized carbons (Fsp3) is 0.0143. The van der Waals surface area contributed by atoms with Crippen LogP contribution >= 0.6 is 0 Å². The quantitative estimate of drug-likeness (QED) is 0.158. The number of furan rings is 4. The van der Waals surface area contributed by atoms with Crippen LogP contribution in [-0.4, -0.2) is 15.0 Å². The van der Waals surface area contributed by atoms with Gasteiger partial charge in [0.2, 0.25) is 5.71 Å². The zero-order valence-electron chi connectivity index (χ0n) is 42.6. The van der Waals surface area contributed by atoms with Gasteiger partial charge in [-0.25, -0.2) is 9.97 Å². The van der Waals surface area contributed by atoms with E-state index in [2.05, 4.69) is 184 Å². The first-order valence-corrected chi connectivity index (χ1v) is 26.6. The molecular weight excluding hydrogens is 989 g/mol. The lowest BCUT2D eigenvalue weighted by Gasteiger charge is -2.27. The summed E-state index contributed by atoms with van der Waals surface area (Å²) in [5, 5.41) is 13.8. The van der Waals surface area contributed by atoms with Crippen LogP contribution < -0.4 is 15.1 Å². The minimum Gasteiger partial charge on any atom is -0.458 e. The Hall–Kier alpha value is -11.0. The maximum atomic E-state index is 6.82. The summed E-state index contributed by atoms with van der Waals surface area (Å²) in [5.41, 5.74) is 16.4. The third kappa shape index (κ3) is 6.95. The lowest BCUT2D eigenvalue weighted by atomic mass is 9.96. The van der Waals surface area contributed by atoms with E-state index in [4.69, 9.17) is 27.6 Å². The maximum Gasteiger partial charge on any atom is 0.227 e. The van der Waals surface area contributed by atoms with Crippen molar-refractivity contribution in [3.05, 3.63) is 242 Å². The second-order valence-corrected chi connectivity index (χ2v) is 20.4. The second-order valence-electron chi connectivity index (χ2n) is 20.4. The molecule has 16 aromatic rings. The summed E-state index contributed by atoms with van der Waals surface area (Å²) in [7, 11) is 0. The molecular formula is C70H42N6O4. The van der Waals surface area contributed by atoms with Crippen molar-refractivity contribution in [2.24, 2.45) is 0 Å². The fourth-order valence-corrected chi connectivity index (χ4v) is 12.0. The second kappa shape index (κ2) is 17.3.